The fraction of sp³-hybridized carbons (Fsp3) is 0.500. The lowest BCUT2D eigenvalue weighted by atomic mass is 9.94. The van der Waals surface area contributed by atoms with Crippen LogP contribution in [-0.2, 0) is 0 Å². The van der Waals surface area contributed by atoms with Gasteiger partial charge in [0, 0.05) is 11.3 Å². The van der Waals surface area contributed by atoms with Crippen molar-refractivity contribution >= 4 is 28.8 Å². The minimum atomic E-state index is -0.907. The van der Waals surface area contributed by atoms with Gasteiger partial charge in [0.1, 0.15) is 11.3 Å². The number of thioether (sulfide) groups is 1. The topological polar surface area (TPSA) is 55.1 Å². The van der Waals surface area contributed by atoms with Crippen molar-refractivity contribution in [2.45, 2.75) is 43.9 Å². The monoisotopic (exact) mass is 304 g/mol. The number of carbonyl (C=O) groups is 1. The Bertz CT molecular complexity index is 680. The van der Waals surface area contributed by atoms with E-state index in [1.54, 1.807) is 6.07 Å². The highest BCUT2D eigenvalue weighted by Crippen LogP contribution is 2.38. The van der Waals surface area contributed by atoms with Crippen LogP contribution >= 0.6 is 11.8 Å². The highest BCUT2D eigenvalue weighted by molar-refractivity contribution is 7.99. The summed E-state index contributed by atoms with van der Waals surface area (Å²) in [6, 6.07) is 5.87. The van der Waals surface area contributed by atoms with Crippen LogP contribution in [0.1, 0.15) is 47.9 Å². The number of fused-ring (bicyclic) bond motifs is 1. The van der Waals surface area contributed by atoms with Gasteiger partial charge in [-0.25, -0.2) is 9.78 Å². The number of benzene rings is 1. The van der Waals surface area contributed by atoms with Gasteiger partial charge < -0.3 is 9.67 Å². The Morgan fingerprint density at radius 3 is 2.86 bits per heavy atom. The van der Waals surface area contributed by atoms with Gasteiger partial charge in [0.25, 0.3) is 0 Å². The largest absolute Gasteiger partial charge is 0.478 e. The quantitative estimate of drug-likeness (QED) is 0.934. The van der Waals surface area contributed by atoms with Crippen molar-refractivity contribution in [1.29, 1.82) is 0 Å². The molecule has 1 saturated carbocycles. The first-order chi connectivity index (χ1) is 10.1. The fourth-order valence-electron chi connectivity index (χ4n) is 3.47. The Labute approximate surface area is 128 Å². The van der Waals surface area contributed by atoms with E-state index in [-0.39, 0.29) is 0 Å². The number of rotatable bonds is 3. The van der Waals surface area contributed by atoms with E-state index in [0.717, 1.165) is 17.8 Å². The maximum absolute atomic E-state index is 11.4. The summed E-state index contributed by atoms with van der Waals surface area (Å²) < 4.78 is 2.27. The fourth-order valence-corrected chi connectivity index (χ4v) is 4.45. The molecule has 1 aliphatic rings. The number of imidazole rings is 1. The van der Waals surface area contributed by atoms with Crippen LogP contribution in [0.4, 0.5) is 0 Å². The van der Waals surface area contributed by atoms with Gasteiger partial charge in [-0.1, -0.05) is 18.9 Å². The van der Waals surface area contributed by atoms with Crippen molar-refractivity contribution in [3.05, 3.63) is 29.6 Å². The molecule has 0 saturated heterocycles. The van der Waals surface area contributed by atoms with Crippen LogP contribution in [0.15, 0.2) is 18.2 Å². The van der Waals surface area contributed by atoms with Crippen molar-refractivity contribution in [2.75, 3.05) is 6.26 Å². The molecule has 1 aromatic carbocycles. The van der Waals surface area contributed by atoms with Gasteiger partial charge in [-0.05, 0) is 38.2 Å². The van der Waals surface area contributed by atoms with E-state index < -0.39 is 5.97 Å². The Kier molecular flexibility index (Phi) is 3.93. The maximum Gasteiger partial charge on any atom is 0.337 e. The van der Waals surface area contributed by atoms with Crippen molar-refractivity contribution in [1.82, 2.24) is 9.55 Å². The number of aryl methyl sites for hydroxylation is 1. The first-order valence-corrected chi connectivity index (χ1v) is 8.66. The molecule has 1 heterocycles. The number of hydrogen-bond acceptors (Lipinski definition) is 3. The predicted molar refractivity (Wildman–Crippen MR) is 86.2 cm³/mol. The number of para-hydroxylation sites is 1. The standard InChI is InChI=1S/C16H20N2O2S/c1-10-17-15-11(16(19)20)6-5-8-13(15)18(10)12-7-3-4-9-14(12)21-2/h5-6,8,12,14H,3-4,7,9H2,1-2H3,(H,19,20). The molecule has 0 aliphatic heterocycles. The minimum Gasteiger partial charge on any atom is -0.478 e. The summed E-state index contributed by atoms with van der Waals surface area (Å²) in [5.41, 5.74) is 1.87. The first-order valence-electron chi connectivity index (χ1n) is 7.37. The second-order valence-electron chi connectivity index (χ2n) is 5.63. The summed E-state index contributed by atoms with van der Waals surface area (Å²) in [6.45, 7) is 1.98. The molecule has 1 aliphatic carbocycles. The van der Waals surface area contributed by atoms with Crippen molar-refractivity contribution in [3.8, 4) is 0 Å². The Morgan fingerprint density at radius 2 is 2.14 bits per heavy atom. The van der Waals surface area contributed by atoms with Crippen LogP contribution in [0.3, 0.4) is 0 Å². The number of hydrogen-bond donors (Lipinski definition) is 1. The zero-order valence-electron chi connectivity index (χ0n) is 12.4. The van der Waals surface area contributed by atoms with Crippen molar-refractivity contribution in [2.24, 2.45) is 0 Å². The van der Waals surface area contributed by atoms with Gasteiger partial charge in [-0.3, -0.25) is 0 Å². The van der Waals surface area contributed by atoms with E-state index in [9.17, 15) is 9.90 Å². The highest BCUT2D eigenvalue weighted by atomic mass is 32.2. The Morgan fingerprint density at radius 1 is 1.38 bits per heavy atom. The number of nitrogens with zero attached hydrogens (tertiary/aromatic N) is 2. The number of aromatic carboxylic acids is 1. The summed E-state index contributed by atoms with van der Waals surface area (Å²) in [6.07, 6.45) is 7.06. The Hall–Kier alpha value is -1.49. The maximum atomic E-state index is 11.4. The van der Waals surface area contributed by atoms with Crippen molar-refractivity contribution < 1.29 is 9.90 Å². The third-order valence-electron chi connectivity index (χ3n) is 4.43. The predicted octanol–water partition coefficient (Wildman–Crippen LogP) is 3.89. The van der Waals surface area contributed by atoms with Crippen LogP contribution < -0.4 is 0 Å². The van der Waals surface area contributed by atoms with Crippen LogP contribution in [0.2, 0.25) is 0 Å². The second kappa shape index (κ2) is 5.72. The molecule has 2 atom stereocenters. The summed E-state index contributed by atoms with van der Waals surface area (Å²) in [5.74, 6) is 0.0139. The van der Waals surface area contributed by atoms with E-state index in [4.69, 9.17) is 0 Å². The van der Waals surface area contributed by atoms with E-state index in [2.05, 4.69) is 15.8 Å². The molecule has 0 spiro atoms. The van der Waals surface area contributed by atoms with Gasteiger partial charge in [0.05, 0.1) is 11.1 Å². The highest BCUT2D eigenvalue weighted by Gasteiger charge is 2.29. The lowest BCUT2D eigenvalue weighted by Crippen LogP contribution is -2.26. The number of aromatic nitrogens is 2. The van der Waals surface area contributed by atoms with Gasteiger partial charge in [0.2, 0.25) is 0 Å². The first kappa shape index (κ1) is 14.4. The molecule has 1 fully saturated rings. The van der Waals surface area contributed by atoms with Gasteiger partial charge in [-0.2, -0.15) is 11.8 Å². The van der Waals surface area contributed by atoms with Crippen LogP contribution in [-0.4, -0.2) is 32.1 Å². The van der Waals surface area contributed by atoms with E-state index in [0.29, 0.717) is 22.4 Å². The van der Waals surface area contributed by atoms with E-state index >= 15 is 0 Å². The molecule has 5 heteroatoms. The second-order valence-corrected chi connectivity index (χ2v) is 6.71. The molecule has 2 unspecified atom stereocenters. The van der Waals surface area contributed by atoms with Crippen LogP contribution in [0, 0.1) is 6.92 Å². The molecular formula is C16H20N2O2S. The smallest absolute Gasteiger partial charge is 0.337 e. The minimum absolute atomic E-state index is 0.297. The van der Waals surface area contributed by atoms with E-state index in [1.165, 1.54) is 19.3 Å². The summed E-state index contributed by atoms with van der Waals surface area (Å²) >= 11 is 1.91. The average molecular weight is 304 g/mol. The molecule has 0 radical (unpaired) electrons. The van der Waals surface area contributed by atoms with Crippen LogP contribution in [0.5, 0.6) is 0 Å². The molecule has 3 rings (SSSR count). The number of carboxylic acids is 1. The van der Waals surface area contributed by atoms with Crippen LogP contribution in [0.25, 0.3) is 11.0 Å². The van der Waals surface area contributed by atoms with Gasteiger partial charge >= 0.3 is 5.97 Å². The molecule has 0 bridgehead atoms. The third kappa shape index (κ3) is 2.44. The lowest BCUT2D eigenvalue weighted by Gasteiger charge is -2.32. The molecule has 1 aromatic heterocycles. The zero-order valence-corrected chi connectivity index (χ0v) is 13.2. The normalized spacial score (nSPS) is 22.6. The molecule has 112 valence electrons. The molecule has 4 nitrogen and oxygen atoms in total. The van der Waals surface area contributed by atoms with Gasteiger partial charge in [0.15, 0.2) is 0 Å². The zero-order chi connectivity index (χ0) is 15.0. The SMILES string of the molecule is CSC1CCCCC1n1c(C)nc2c(C(=O)O)cccc21. The van der Waals surface area contributed by atoms with Gasteiger partial charge in [-0.15, -0.1) is 0 Å². The lowest BCUT2D eigenvalue weighted by molar-refractivity contribution is 0.0699. The number of carboxylic acid groups (broad SMARTS) is 1. The molecule has 21 heavy (non-hydrogen) atoms. The summed E-state index contributed by atoms with van der Waals surface area (Å²) in [4.78, 5) is 15.9. The summed E-state index contributed by atoms with van der Waals surface area (Å²) in [5, 5.41) is 9.92. The summed E-state index contributed by atoms with van der Waals surface area (Å²) in [7, 11) is 0. The molecular weight excluding hydrogens is 284 g/mol. The van der Waals surface area contributed by atoms with E-state index in [1.807, 2.05) is 30.8 Å². The Balaban J connectivity index is 2.16. The average Bonchev–Trinajstić information content (AvgIpc) is 2.82. The third-order valence-corrected chi connectivity index (χ3v) is 5.58. The molecule has 2 aromatic rings. The molecule has 0 amide bonds. The van der Waals surface area contributed by atoms with Crippen molar-refractivity contribution in [3.63, 3.8) is 0 Å². The molecule has 1 N–H and O–H groups in total.